The molecule has 1 fully saturated rings. The highest BCUT2D eigenvalue weighted by Crippen LogP contribution is 2.30. The van der Waals surface area contributed by atoms with Crippen molar-refractivity contribution in [3.63, 3.8) is 0 Å². The molecule has 2 heterocycles. The smallest absolute Gasteiger partial charge is 0.312 e. The normalized spacial score (nSPS) is 19.2. The summed E-state index contributed by atoms with van der Waals surface area (Å²) in [6.07, 6.45) is 1.46. The van der Waals surface area contributed by atoms with Crippen LogP contribution >= 0.6 is 15.9 Å². The van der Waals surface area contributed by atoms with Crippen LogP contribution in [0.4, 0.5) is 11.5 Å². The summed E-state index contributed by atoms with van der Waals surface area (Å²) >= 11 is 3.14. The van der Waals surface area contributed by atoms with Crippen molar-refractivity contribution in [2.75, 3.05) is 24.5 Å². The topological polar surface area (TPSA) is 114 Å². The van der Waals surface area contributed by atoms with Crippen LogP contribution in [0.25, 0.3) is 0 Å². The molecule has 8 nitrogen and oxygen atoms in total. The third kappa shape index (κ3) is 2.82. The summed E-state index contributed by atoms with van der Waals surface area (Å²) in [6.45, 7) is 1.39. The Balaban J connectivity index is 2.44. The largest absolute Gasteiger partial charge is 0.368 e. The van der Waals surface area contributed by atoms with Gasteiger partial charge in [-0.05, 0) is 15.9 Å². The first-order valence-corrected chi connectivity index (χ1v) is 6.36. The number of anilines is 1. The highest BCUT2D eigenvalue weighted by atomic mass is 79.9. The quantitative estimate of drug-likeness (QED) is 0.596. The molecule has 0 aliphatic carbocycles. The van der Waals surface area contributed by atoms with E-state index in [1.165, 1.54) is 12.3 Å². The summed E-state index contributed by atoms with van der Waals surface area (Å²) in [5, 5.41) is 14.1. The van der Waals surface area contributed by atoms with Gasteiger partial charge in [0.2, 0.25) is 11.7 Å². The van der Waals surface area contributed by atoms with Gasteiger partial charge in [-0.25, -0.2) is 4.98 Å². The number of nitrogens with zero attached hydrogens (tertiary/aromatic N) is 3. The highest BCUT2D eigenvalue weighted by Gasteiger charge is 2.32. The lowest BCUT2D eigenvalue weighted by Gasteiger charge is -2.34. The zero-order valence-electron chi connectivity index (χ0n) is 9.88. The lowest BCUT2D eigenvalue weighted by Crippen LogP contribution is -2.57. The van der Waals surface area contributed by atoms with Crippen molar-refractivity contribution in [2.45, 2.75) is 6.04 Å². The number of amides is 1. The van der Waals surface area contributed by atoms with Gasteiger partial charge >= 0.3 is 5.69 Å². The van der Waals surface area contributed by atoms with E-state index in [4.69, 9.17) is 5.73 Å². The van der Waals surface area contributed by atoms with E-state index in [0.717, 1.165) is 0 Å². The minimum Gasteiger partial charge on any atom is -0.368 e. The molecule has 0 bridgehead atoms. The maximum atomic E-state index is 11.4. The van der Waals surface area contributed by atoms with Gasteiger partial charge in [0.25, 0.3) is 0 Å². The molecule has 102 valence electrons. The molecule has 0 aromatic carbocycles. The van der Waals surface area contributed by atoms with Gasteiger partial charge in [0.05, 0.1) is 4.92 Å². The number of nitrogens with two attached hydrogens (primary N) is 1. The van der Waals surface area contributed by atoms with Gasteiger partial charge < -0.3 is 16.0 Å². The van der Waals surface area contributed by atoms with Gasteiger partial charge in [-0.1, -0.05) is 0 Å². The Labute approximate surface area is 117 Å². The number of carbonyl (C=O) groups is 1. The number of aromatic nitrogens is 1. The van der Waals surface area contributed by atoms with Crippen LogP contribution in [0.3, 0.4) is 0 Å². The standard InChI is InChI=1S/C10H12BrN5O3/c11-6-3-7(16(18)19)10(14-4-6)15-2-1-13-5-8(15)9(12)17/h3-4,8,13H,1-2,5H2,(H2,12,17). The molecule has 1 aliphatic heterocycles. The second kappa shape index (κ2) is 5.49. The number of nitrogens with one attached hydrogen (secondary N) is 1. The van der Waals surface area contributed by atoms with Gasteiger partial charge in [-0.3, -0.25) is 14.9 Å². The Kier molecular flexibility index (Phi) is 3.96. The monoisotopic (exact) mass is 329 g/mol. The molecule has 0 saturated carbocycles. The van der Waals surface area contributed by atoms with E-state index in [1.54, 1.807) is 4.90 Å². The number of hydrogen-bond donors (Lipinski definition) is 2. The average Bonchev–Trinajstić information content (AvgIpc) is 2.38. The number of hydrogen-bond acceptors (Lipinski definition) is 6. The SMILES string of the molecule is NC(=O)C1CNCCN1c1ncc(Br)cc1[N+](=O)[O-]. The van der Waals surface area contributed by atoms with Crippen LogP contribution in [0.2, 0.25) is 0 Å². The molecule has 1 aromatic heterocycles. The molecule has 1 aromatic rings. The van der Waals surface area contributed by atoms with Crippen molar-refractivity contribution in [2.24, 2.45) is 5.73 Å². The third-order valence-corrected chi connectivity index (χ3v) is 3.29. The molecule has 2 rings (SSSR count). The molecule has 19 heavy (non-hydrogen) atoms. The van der Waals surface area contributed by atoms with E-state index in [9.17, 15) is 14.9 Å². The van der Waals surface area contributed by atoms with E-state index >= 15 is 0 Å². The predicted octanol–water partition coefficient (Wildman–Crippen LogP) is 0.0158. The zero-order chi connectivity index (χ0) is 14.0. The fourth-order valence-corrected chi connectivity index (χ4v) is 2.31. The van der Waals surface area contributed by atoms with Crippen molar-refractivity contribution in [1.82, 2.24) is 10.3 Å². The molecule has 0 spiro atoms. The molecule has 1 amide bonds. The van der Waals surface area contributed by atoms with Gasteiger partial charge in [0.1, 0.15) is 6.04 Å². The molecule has 1 unspecified atom stereocenters. The first-order valence-electron chi connectivity index (χ1n) is 5.57. The molecule has 1 atom stereocenters. The molecule has 1 aliphatic rings. The summed E-state index contributed by atoms with van der Waals surface area (Å²) in [5.41, 5.74) is 5.17. The Morgan fingerprint density at radius 3 is 3.05 bits per heavy atom. The van der Waals surface area contributed by atoms with Crippen LogP contribution in [0.1, 0.15) is 0 Å². The summed E-state index contributed by atoms with van der Waals surface area (Å²) in [4.78, 5) is 27.6. The van der Waals surface area contributed by atoms with E-state index in [2.05, 4.69) is 26.2 Å². The number of carbonyl (C=O) groups excluding carboxylic acids is 1. The molecule has 1 saturated heterocycles. The fourth-order valence-electron chi connectivity index (χ4n) is 1.99. The van der Waals surface area contributed by atoms with Crippen LogP contribution in [-0.2, 0) is 4.79 Å². The molecule has 9 heteroatoms. The van der Waals surface area contributed by atoms with Gasteiger partial charge in [0, 0.05) is 36.4 Å². The highest BCUT2D eigenvalue weighted by molar-refractivity contribution is 9.10. The molecular formula is C10H12BrN5O3. The summed E-state index contributed by atoms with van der Waals surface area (Å²) in [7, 11) is 0. The van der Waals surface area contributed by atoms with Gasteiger partial charge in [0.15, 0.2) is 0 Å². The van der Waals surface area contributed by atoms with Crippen molar-refractivity contribution in [3.8, 4) is 0 Å². The maximum absolute atomic E-state index is 11.4. The minimum atomic E-state index is -0.638. The van der Waals surface area contributed by atoms with E-state index < -0.39 is 16.9 Å². The minimum absolute atomic E-state index is 0.150. The van der Waals surface area contributed by atoms with E-state index in [-0.39, 0.29) is 11.5 Å². The Hall–Kier alpha value is -1.74. The third-order valence-electron chi connectivity index (χ3n) is 2.85. The fraction of sp³-hybridized carbons (Fsp3) is 0.400. The lowest BCUT2D eigenvalue weighted by molar-refractivity contribution is -0.384. The van der Waals surface area contributed by atoms with Crippen molar-refractivity contribution in [3.05, 3.63) is 26.9 Å². The summed E-state index contributed by atoms with van der Waals surface area (Å²) < 4.78 is 0.508. The number of halogens is 1. The second-order valence-corrected chi connectivity index (χ2v) is 4.98. The number of pyridine rings is 1. The predicted molar refractivity (Wildman–Crippen MR) is 71.8 cm³/mol. The first-order chi connectivity index (χ1) is 9.00. The Morgan fingerprint density at radius 1 is 1.68 bits per heavy atom. The van der Waals surface area contributed by atoms with Crippen LogP contribution in [0.5, 0.6) is 0 Å². The Morgan fingerprint density at radius 2 is 2.42 bits per heavy atom. The van der Waals surface area contributed by atoms with Crippen LogP contribution < -0.4 is 16.0 Å². The number of primary amides is 1. The lowest BCUT2D eigenvalue weighted by atomic mass is 10.1. The maximum Gasteiger partial charge on any atom is 0.312 e. The summed E-state index contributed by atoms with van der Waals surface area (Å²) in [5.74, 6) is -0.371. The first kappa shape index (κ1) is 13.7. The second-order valence-electron chi connectivity index (χ2n) is 4.07. The van der Waals surface area contributed by atoms with E-state index in [1.807, 2.05) is 0 Å². The molecular weight excluding hydrogens is 318 g/mol. The van der Waals surface area contributed by atoms with Crippen molar-refractivity contribution in [1.29, 1.82) is 0 Å². The molecule has 3 N–H and O–H groups in total. The van der Waals surface area contributed by atoms with Gasteiger partial charge in [-0.2, -0.15) is 0 Å². The Bertz CT molecular complexity index is 524. The average molecular weight is 330 g/mol. The number of rotatable bonds is 3. The zero-order valence-corrected chi connectivity index (χ0v) is 11.5. The van der Waals surface area contributed by atoms with Crippen molar-refractivity contribution < 1.29 is 9.72 Å². The van der Waals surface area contributed by atoms with Crippen molar-refractivity contribution >= 4 is 33.3 Å². The van der Waals surface area contributed by atoms with Crippen LogP contribution in [0.15, 0.2) is 16.7 Å². The number of nitro groups is 1. The van der Waals surface area contributed by atoms with Gasteiger partial charge in [-0.15, -0.1) is 0 Å². The summed E-state index contributed by atoms with van der Waals surface area (Å²) in [6, 6.07) is 0.726. The number of piperazine rings is 1. The van der Waals surface area contributed by atoms with Crippen LogP contribution in [-0.4, -0.2) is 41.5 Å². The van der Waals surface area contributed by atoms with E-state index in [0.29, 0.717) is 24.1 Å². The molecule has 0 radical (unpaired) electrons. The van der Waals surface area contributed by atoms with Crippen LogP contribution in [0, 0.1) is 10.1 Å².